The molecule has 9 heteroatoms. The first-order chi connectivity index (χ1) is 14.8. The van der Waals surface area contributed by atoms with Gasteiger partial charge in [-0.25, -0.2) is 8.42 Å². The van der Waals surface area contributed by atoms with Crippen molar-refractivity contribution < 1.29 is 17.9 Å². The second-order valence-electron chi connectivity index (χ2n) is 7.13. The molecule has 1 fully saturated rings. The highest BCUT2D eigenvalue weighted by molar-refractivity contribution is 7.92. The largest absolute Gasteiger partial charge is 0.362 e. The zero-order valence-electron chi connectivity index (χ0n) is 16.7. The van der Waals surface area contributed by atoms with Gasteiger partial charge in [0.15, 0.2) is 5.94 Å². The molecule has 1 amide bonds. The number of aryl methyl sites for hydroxylation is 1. The fourth-order valence-corrected chi connectivity index (χ4v) is 4.68. The molecule has 160 valence electrons. The van der Waals surface area contributed by atoms with Crippen molar-refractivity contribution in [1.82, 2.24) is 4.98 Å². The number of nitrogens with zero attached hydrogens (tertiary/aromatic N) is 2. The number of halogens is 1. The second-order valence-corrected chi connectivity index (χ2v) is 9.37. The topological polar surface area (TPSA) is 88.6 Å². The number of benzene rings is 2. The first-order valence-corrected chi connectivity index (χ1v) is 11.5. The Balaban J connectivity index is 1.52. The minimum atomic E-state index is -3.50. The quantitative estimate of drug-likeness (QED) is 0.637. The van der Waals surface area contributed by atoms with Crippen molar-refractivity contribution in [3.8, 4) is 11.3 Å². The van der Waals surface area contributed by atoms with Crippen molar-refractivity contribution in [3.63, 3.8) is 0 Å². The molecule has 4 rings (SSSR count). The smallest absolute Gasteiger partial charge is 0.259 e. The molecule has 1 aliphatic rings. The molecule has 0 spiro atoms. The number of ether oxygens (including phenoxy) is 1. The maximum absolute atomic E-state index is 12.7. The van der Waals surface area contributed by atoms with Crippen LogP contribution in [0.3, 0.4) is 0 Å². The standard InChI is InChI=1S/C22H20ClN3O4S/c1-15-2-9-21(24-13-15)19-12-17(5-8-20(19)23)25-22(27)16-3-6-18(7-4-16)26-10-11-30-14-31(26,28)29/h2-9,12-13H,10-11,14H2,1H3,(H,25,27). The molecule has 2 aromatic carbocycles. The minimum absolute atomic E-state index is 0.245. The SMILES string of the molecule is Cc1ccc(-c2cc(NC(=O)c3ccc(N4CCOCS4(=O)=O)cc3)ccc2Cl)nc1. The average Bonchev–Trinajstić information content (AvgIpc) is 2.75. The van der Waals surface area contributed by atoms with Gasteiger partial charge < -0.3 is 10.1 Å². The number of amides is 1. The number of aromatic nitrogens is 1. The number of rotatable bonds is 4. The highest BCUT2D eigenvalue weighted by Gasteiger charge is 2.26. The summed E-state index contributed by atoms with van der Waals surface area (Å²) < 4.78 is 30.6. The van der Waals surface area contributed by atoms with Crippen LogP contribution in [0.1, 0.15) is 15.9 Å². The van der Waals surface area contributed by atoms with E-state index in [-0.39, 0.29) is 18.4 Å². The lowest BCUT2D eigenvalue weighted by Gasteiger charge is -2.28. The molecule has 0 radical (unpaired) electrons. The Bertz CT molecular complexity index is 1210. The molecule has 1 N–H and O–H groups in total. The third-order valence-corrected chi connectivity index (χ3v) is 6.69. The number of sulfonamides is 1. The first-order valence-electron chi connectivity index (χ1n) is 9.56. The Hall–Kier alpha value is -2.94. The predicted octanol–water partition coefficient (Wildman–Crippen LogP) is 4.09. The lowest BCUT2D eigenvalue weighted by Crippen LogP contribution is -2.41. The van der Waals surface area contributed by atoms with E-state index >= 15 is 0 Å². The van der Waals surface area contributed by atoms with Gasteiger partial charge in [-0.1, -0.05) is 17.7 Å². The summed E-state index contributed by atoms with van der Waals surface area (Å²) in [6.07, 6.45) is 1.76. The van der Waals surface area contributed by atoms with E-state index in [0.717, 1.165) is 5.56 Å². The normalized spacial score (nSPS) is 15.5. The number of carbonyl (C=O) groups is 1. The monoisotopic (exact) mass is 457 g/mol. The summed E-state index contributed by atoms with van der Waals surface area (Å²) in [6, 6.07) is 15.4. The molecule has 1 aliphatic heterocycles. The van der Waals surface area contributed by atoms with Crippen LogP contribution >= 0.6 is 11.6 Å². The van der Waals surface area contributed by atoms with Crippen LogP contribution in [-0.4, -0.2) is 38.4 Å². The fourth-order valence-electron chi connectivity index (χ4n) is 3.21. The molecule has 3 aromatic rings. The van der Waals surface area contributed by atoms with Crippen LogP contribution in [-0.2, 0) is 14.8 Å². The minimum Gasteiger partial charge on any atom is -0.362 e. The van der Waals surface area contributed by atoms with E-state index < -0.39 is 10.0 Å². The van der Waals surface area contributed by atoms with Gasteiger partial charge in [0.1, 0.15) is 0 Å². The van der Waals surface area contributed by atoms with Crippen molar-refractivity contribution in [1.29, 1.82) is 0 Å². The van der Waals surface area contributed by atoms with Gasteiger partial charge in [0.25, 0.3) is 15.9 Å². The van der Waals surface area contributed by atoms with Crippen LogP contribution in [0.15, 0.2) is 60.8 Å². The molecule has 0 saturated carbocycles. The van der Waals surface area contributed by atoms with Gasteiger partial charge in [0.2, 0.25) is 0 Å². The highest BCUT2D eigenvalue weighted by Crippen LogP contribution is 2.30. The summed E-state index contributed by atoms with van der Waals surface area (Å²) in [6.45, 7) is 2.53. The van der Waals surface area contributed by atoms with E-state index in [1.165, 1.54) is 4.31 Å². The van der Waals surface area contributed by atoms with E-state index in [2.05, 4.69) is 10.3 Å². The van der Waals surface area contributed by atoms with Crippen molar-refractivity contribution in [2.45, 2.75) is 6.92 Å². The molecule has 0 atom stereocenters. The Morgan fingerprint density at radius 3 is 2.58 bits per heavy atom. The van der Waals surface area contributed by atoms with Gasteiger partial charge in [-0.3, -0.25) is 14.1 Å². The Morgan fingerprint density at radius 2 is 1.90 bits per heavy atom. The third-order valence-electron chi connectivity index (χ3n) is 4.84. The van der Waals surface area contributed by atoms with Crippen LogP contribution in [0.5, 0.6) is 0 Å². The van der Waals surface area contributed by atoms with Gasteiger partial charge in [-0.05, 0) is 61.0 Å². The highest BCUT2D eigenvalue weighted by atomic mass is 35.5. The molecule has 0 aliphatic carbocycles. The lowest BCUT2D eigenvalue weighted by molar-refractivity contribution is 0.102. The molecule has 0 bridgehead atoms. The van der Waals surface area contributed by atoms with Crippen molar-refractivity contribution in [3.05, 3.63) is 76.9 Å². The van der Waals surface area contributed by atoms with Gasteiger partial charge in [0, 0.05) is 23.0 Å². The number of hydrogen-bond donors (Lipinski definition) is 1. The summed E-state index contributed by atoms with van der Waals surface area (Å²) in [5.74, 6) is -0.661. The van der Waals surface area contributed by atoms with Gasteiger partial charge in [-0.15, -0.1) is 0 Å². The summed E-state index contributed by atoms with van der Waals surface area (Å²) in [5, 5.41) is 3.38. The number of nitrogens with one attached hydrogen (secondary N) is 1. The van der Waals surface area contributed by atoms with Crippen LogP contribution in [0.25, 0.3) is 11.3 Å². The van der Waals surface area contributed by atoms with Crippen molar-refractivity contribution in [2.24, 2.45) is 0 Å². The number of anilines is 2. The number of hydrogen-bond acceptors (Lipinski definition) is 5. The molecule has 2 heterocycles. The zero-order chi connectivity index (χ0) is 22.0. The van der Waals surface area contributed by atoms with E-state index in [0.29, 0.717) is 39.8 Å². The van der Waals surface area contributed by atoms with Crippen LogP contribution in [0.4, 0.5) is 11.4 Å². The second kappa shape index (κ2) is 8.66. The molecule has 31 heavy (non-hydrogen) atoms. The summed E-state index contributed by atoms with van der Waals surface area (Å²) in [5.41, 5.74) is 3.94. The Kier molecular flexibility index (Phi) is 5.95. The van der Waals surface area contributed by atoms with E-state index in [4.69, 9.17) is 16.3 Å². The molecule has 0 unspecified atom stereocenters. The fraction of sp³-hybridized carbons (Fsp3) is 0.182. The van der Waals surface area contributed by atoms with Crippen LogP contribution in [0, 0.1) is 6.92 Å². The van der Waals surface area contributed by atoms with Crippen molar-refractivity contribution in [2.75, 3.05) is 28.7 Å². The van der Waals surface area contributed by atoms with E-state index in [9.17, 15) is 13.2 Å². The van der Waals surface area contributed by atoms with E-state index in [1.54, 1.807) is 48.7 Å². The van der Waals surface area contributed by atoms with E-state index in [1.807, 2.05) is 19.1 Å². The zero-order valence-corrected chi connectivity index (χ0v) is 18.3. The van der Waals surface area contributed by atoms with Crippen LogP contribution < -0.4 is 9.62 Å². The Morgan fingerprint density at radius 1 is 1.13 bits per heavy atom. The molecule has 1 aromatic heterocycles. The van der Waals surface area contributed by atoms with Gasteiger partial charge in [0.05, 0.1) is 29.6 Å². The van der Waals surface area contributed by atoms with Gasteiger partial charge in [-0.2, -0.15) is 0 Å². The van der Waals surface area contributed by atoms with Crippen molar-refractivity contribution >= 4 is 38.9 Å². The predicted molar refractivity (Wildman–Crippen MR) is 121 cm³/mol. The maximum Gasteiger partial charge on any atom is 0.259 e. The maximum atomic E-state index is 12.7. The summed E-state index contributed by atoms with van der Waals surface area (Å²) in [4.78, 5) is 17.1. The molecule has 1 saturated heterocycles. The molecular formula is C22H20ClN3O4S. The lowest BCUT2D eigenvalue weighted by atomic mass is 10.1. The average molecular weight is 458 g/mol. The number of pyridine rings is 1. The first kappa shape index (κ1) is 21.3. The summed E-state index contributed by atoms with van der Waals surface area (Å²) >= 11 is 6.32. The Labute approximate surface area is 185 Å². The van der Waals surface area contributed by atoms with Gasteiger partial charge >= 0.3 is 0 Å². The number of carbonyl (C=O) groups excluding carboxylic acids is 1. The molecule has 7 nitrogen and oxygen atoms in total. The van der Waals surface area contributed by atoms with Crippen LogP contribution in [0.2, 0.25) is 5.02 Å². The summed E-state index contributed by atoms with van der Waals surface area (Å²) in [7, 11) is -3.50. The third kappa shape index (κ3) is 4.71. The molecular weight excluding hydrogens is 438 g/mol.